The predicted octanol–water partition coefficient (Wildman–Crippen LogP) is 2.46. The van der Waals surface area contributed by atoms with E-state index in [-0.39, 0.29) is 30.1 Å². The van der Waals surface area contributed by atoms with Gasteiger partial charge in [0, 0.05) is 19.5 Å². The molecule has 2 amide bonds. The number of hydrogen-bond donors (Lipinski definition) is 1. The average molecular weight is 344 g/mol. The second-order valence-corrected chi connectivity index (χ2v) is 6.05. The lowest BCUT2D eigenvalue weighted by Crippen LogP contribution is -2.58. The van der Waals surface area contributed by atoms with Crippen LogP contribution in [0.1, 0.15) is 21.5 Å². The molecular weight excluding hydrogens is 326 g/mol. The Morgan fingerprint density at radius 3 is 2.60 bits per heavy atom. The summed E-state index contributed by atoms with van der Waals surface area (Å²) in [6, 6.07) is 11.1. The van der Waals surface area contributed by atoms with Gasteiger partial charge in [0.05, 0.1) is 5.56 Å². The predicted molar refractivity (Wildman–Crippen MR) is 89.1 cm³/mol. The molecule has 25 heavy (non-hydrogen) atoms. The molecule has 0 spiro atoms. The van der Waals surface area contributed by atoms with E-state index in [1.807, 2.05) is 30.3 Å². The lowest BCUT2D eigenvalue weighted by molar-refractivity contribution is -0.127. The molecule has 0 radical (unpaired) electrons. The van der Waals surface area contributed by atoms with Crippen molar-refractivity contribution in [3.8, 4) is 0 Å². The van der Waals surface area contributed by atoms with Gasteiger partial charge in [-0.15, -0.1) is 0 Å². The molecule has 4 nitrogen and oxygen atoms in total. The lowest BCUT2D eigenvalue weighted by Gasteiger charge is -2.35. The average Bonchev–Trinajstić information content (AvgIpc) is 2.62. The molecule has 1 fully saturated rings. The minimum atomic E-state index is -1.17. The minimum absolute atomic E-state index is 0.131. The summed E-state index contributed by atoms with van der Waals surface area (Å²) in [5.74, 6) is -3.18. The van der Waals surface area contributed by atoms with Crippen LogP contribution in [0, 0.1) is 18.6 Å². The Labute approximate surface area is 144 Å². The number of halogens is 2. The molecule has 1 N–H and O–H groups in total. The molecule has 2 aromatic carbocycles. The van der Waals surface area contributed by atoms with Crippen LogP contribution >= 0.6 is 0 Å². The van der Waals surface area contributed by atoms with Crippen LogP contribution in [0.3, 0.4) is 0 Å². The number of carbonyl (C=O) groups excluding carboxylic acids is 2. The standard InChI is InChI=1S/C19H18F2N2O2/c1-12-7-8-14(17(21)16(12)20)19(25)23-10-9-22-18(24)15(23)11-13-5-3-2-4-6-13/h2-8,15H,9-11H2,1H3,(H,22,24)/t15-/m0/s1. The molecule has 6 heteroatoms. The molecule has 0 saturated carbocycles. The van der Waals surface area contributed by atoms with E-state index in [0.717, 1.165) is 5.56 Å². The Balaban J connectivity index is 1.91. The summed E-state index contributed by atoms with van der Waals surface area (Å²) in [7, 11) is 0. The van der Waals surface area contributed by atoms with Crippen LogP contribution in [0.15, 0.2) is 42.5 Å². The Bertz CT molecular complexity index is 809. The summed E-state index contributed by atoms with van der Waals surface area (Å²) < 4.78 is 28.0. The van der Waals surface area contributed by atoms with Crippen molar-refractivity contribution in [2.24, 2.45) is 0 Å². The number of carbonyl (C=O) groups is 2. The molecule has 0 unspecified atom stereocenters. The molecule has 1 aliphatic rings. The Hall–Kier alpha value is -2.76. The Morgan fingerprint density at radius 2 is 1.88 bits per heavy atom. The van der Waals surface area contributed by atoms with E-state index in [9.17, 15) is 18.4 Å². The fourth-order valence-corrected chi connectivity index (χ4v) is 2.96. The van der Waals surface area contributed by atoms with Crippen LogP contribution in [-0.2, 0) is 11.2 Å². The van der Waals surface area contributed by atoms with Gasteiger partial charge in [-0.3, -0.25) is 9.59 Å². The van der Waals surface area contributed by atoms with Crippen LogP contribution < -0.4 is 5.32 Å². The van der Waals surface area contributed by atoms with Crippen LogP contribution in [0.2, 0.25) is 0 Å². The lowest BCUT2D eigenvalue weighted by atomic mass is 10.0. The fraction of sp³-hybridized carbons (Fsp3) is 0.263. The molecule has 1 heterocycles. The molecule has 2 aromatic rings. The highest BCUT2D eigenvalue weighted by Crippen LogP contribution is 2.20. The summed E-state index contributed by atoms with van der Waals surface area (Å²) in [4.78, 5) is 26.4. The van der Waals surface area contributed by atoms with E-state index in [2.05, 4.69) is 5.32 Å². The fourth-order valence-electron chi connectivity index (χ4n) is 2.96. The van der Waals surface area contributed by atoms with Gasteiger partial charge in [0.15, 0.2) is 11.6 Å². The summed E-state index contributed by atoms with van der Waals surface area (Å²) in [6.45, 7) is 1.96. The maximum Gasteiger partial charge on any atom is 0.257 e. The number of rotatable bonds is 3. The Morgan fingerprint density at radius 1 is 1.16 bits per heavy atom. The van der Waals surface area contributed by atoms with Gasteiger partial charge < -0.3 is 10.2 Å². The molecule has 130 valence electrons. The smallest absolute Gasteiger partial charge is 0.257 e. The summed E-state index contributed by atoms with van der Waals surface area (Å²) in [6.07, 6.45) is 0.314. The monoisotopic (exact) mass is 344 g/mol. The van der Waals surface area contributed by atoms with Crippen molar-refractivity contribution in [3.63, 3.8) is 0 Å². The first-order valence-electron chi connectivity index (χ1n) is 8.06. The molecule has 1 saturated heterocycles. The van der Waals surface area contributed by atoms with Gasteiger partial charge in [-0.2, -0.15) is 0 Å². The number of amides is 2. The number of piperazine rings is 1. The molecule has 0 bridgehead atoms. The number of benzene rings is 2. The van der Waals surface area contributed by atoms with Crippen molar-refractivity contribution >= 4 is 11.8 Å². The van der Waals surface area contributed by atoms with Crippen molar-refractivity contribution in [2.75, 3.05) is 13.1 Å². The molecule has 1 atom stereocenters. The first-order chi connectivity index (χ1) is 12.0. The normalized spacial score (nSPS) is 17.3. The number of hydrogen-bond acceptors (Lipinski definition) is 2. The highest BCUT2D eigenvalue weighted by molar-refractivity contribution is 5.98. The Kier molecular flexibility index (Phi) is 4.79. The van der Waals surface area contributed by atoms with Gasteiger partial charge in [-0.1, -0.05) is 36.4 Å². The maximum atomic E-state index is 14.2. The van der Waals surface area contributed by atoms with E-state index in [1.165, 1.54) is 24.0 Å². The van der Waals surface area contributed by atoms with Gasteiger partial charge in [-0.05, 0) is 24.1 Å². The quantitative estimate of drug-likeness (QED) is 0.930. The third-order valence-corrected chi connectivity index (χ3v) is 4.37. The zero-order chi connectivity index (χ0) is 18.0. The summed E-state index contributed by atoms with van der Waals surface area (Å²) in [5.41, 5.74) is 0.667. The first-order valence-corrected chi connectivity index (χ1v) is 8.06. The van der Waals surface area contributed by atoms with Gasteiger partial charge in [-0.25, -0.2) is 8.78 Å². The number of nitrogens with one attached hydrogen (secondary N) is 1. The second kappa shape index (κ2) is 7.01. The number of nitrogens with zero attached hydrogens (tertiary/aromatic N) is 1. The van der Waals surface area contributed by atoms with Crippen LogP contribution in [0.25, 0.3) is 0 Å². The third kappa shape index (κ3) is 3.38. The van der Waals surface area contributed by atoms with E-state index in [0.29, 0.717) is 6.42 Å². The van der Waals surface area contributed by atoms with Gasteiger partial charge in [0.1, 0.15) is 6.04 Å². The number of aryl methyl sites for hydroxylation is 1. The van der Waals surface area contributed by atoms with E-state index < -0.39 is 23.6 Å². The molecule has 0 aromatic heterocycles. The van der Waals surface area contributed by atoms with Gasteiger partial charge >= 0.3 is 0 Å². The summed E-state index contributed by atoms with van der Waals surface area (Å²) in [5, 5.41) is 2.72. The van der Waals surface area contributed by atoms with Crippen molar-refractivity contribution < 1.29 is 18.4 Å². The summed E-state index contributed by atoms with van der Waals surface area (Å²) >= 11 is 0. The van der Waals surface area contributed by atoms with Crippen LogP contribution in [0.5, 0.6) is 0 Å². The van der Waals surface area contributed by atoms with E-state index >= 15 is 0 Å². The minimum Gasteiger partial charge on any atom is -0.353 e. The molecular formula is C19H18F2N2O2. The van der Waals surface area contributed by atoms with Crippen LogP contribution in [0.4, 0.5) is 8.78 Å². The molecule has 1 aliphatic heterocycles. The second-order valence-electron chi connectivity index (χ2n) is 6.05. The third-order valence-electron chi connectivity index (χ3n) is 4.37. The highest BCUT2D eigenvalue weighted by atomic mass is 19.2. The zero-order valence-corrected chi connectivity index (χ0v) is 13.8. The highest BCUT2D eigenvalue weighted by Gasteiger charge is 2.35. The van der Waals surface area contributed by atoms with Crippen molar-refractivity contribution in [2.45, 2.75) is 19.4 Å². The molecule has 3 rings (SSSR count). The maximum absolute atomic E-state index is 14.2. The van der Waals surface area contributed by atoms with E-state index in [4.69, 9.17) is 0 Å². The molecule has 0 aliphatic carbocycles. The van der Waals surface area contributed by atoms with Gasteiger partial charge in [0.25, 0.3) is 5.91 Å². The van der Waals surface area contributed by atoms with Crippen molar-refractivity contribution in [3.05, 3.63) is 70.8 Å². The van der Waals surface area contributed by atoms with E-state index in [1.54, 1.807) is 0 Å². The van der Waals surface area contributed by atoms with Crippen molar-refractivity contribution in [1.29, 1.82) is 0 Å². The van der Waals surface area contributed by atoms with Crippen LogP contribution in [-0.4, -0.2) is 35.8 Å². The topological polar surface area (TPSA) is 49.4 Å². The zero-order valence-electron chi connectivity index (χ0n) is 13.8. The van der Waals surface area contributed by atoms with Crippen molar-refractivity contribution in [1.82, 2.24) is 10.2 Å². The first kappa shape index (κ1) is 17.1. The largest absolute Gasteiger partial charge is 0.353 e. The SMILES string of the molecule is Cc1ccc(C(=O)N2CCNC(=O)[C@@H]2Cc2ccccc2)c(F)c1F. The van der Waals surface area contributed by atoms with Gasteiger partial charge in [0.2, 0.25) is 5.91 Å².